The average molecular weight is 362 g/mol. The number of fused-ring (bicyclic) bond motifs is 1. The lowest BCUT2D eigenvalue weighted by molar-refractivity contribution is 0.0155. The summed E-state index contributed by atoms with van der Waals surface area (Å²) in [5, 5.41) is 0.863. The van der Waals surface area contributed by atoms with Gasteiger partial charge in [-0.2, -0.15) is 0 Å². The van der Waals surface area contributed by atoms with Crippen molar-refractivity contribution in [2.45, 2.75) is 38.7 Å². The smallest absolute Gasteiger partial charge is 0.344 e. The maximum Gasteiger partial charge on any atom is 0.344 e. The lowest BCUT2D eigenvalue weighted by Crippen LogP contribution is -2.24. The third-order valence-electron chi connectivity index (χ3n) is 5.24. The predicted octanol–water partition coefficient (Wildman–Crippen LogP) is 5.20. The molecule has 4 nitrogen and oxygen atoms in total. The van der Waals surface area contributed by atoms with Gasteiger partial charge in [-0.05, 0) is 55.0 Å². The Kier molecular flexibility index (Phi) is 4.80. The molecule has 4 rings (SSSR count). The molecule has 0 spiro atoms. The lowest BCUT2D eigenvalue weighted by atomic mass is 9.89. The van der Waals surface area contributed by atoms with Gasteiger partial charge in [0, 0.05) is 5.39 Å². The fourth-order valence-electron chi connectivity index (χ4n) is 3.75. The minimum atomic E-state index is -0.389. The Balaban J connectivity index is 1.54. The van der Waals surface area contributed by atoms with E-state index in [1.807, 2.05) is 24.3 Å². The second-order valence-electron chi connectivity index (χ2n) is 7.36. The molecule has 4 heteroatoms. The largest absolute Gasteiger partial charge is 0.459 e. The molecule has 0 bridgehead atoms. The molecule has 27 heavy (non-hydrogen) atoms. The zero-order valence-electron chi connectivity index (χ0n) is 15.3. The van der Waals surface area contributed by atoms with E-state index in [1.54, 1.807) is 30.3 Å². The Labute approximate surface area is 157 Å². The first-order chi connectivity index (χ1) is 13.1. The third-order valence-corrected chi connectivity index (χ3v) is 5.24. The topological polar surface area (TPSA) is 56.5 Å². The van der Waals surface area contributed by atoms with Crippen LogP contribution in [-0.4, -0.2) is 12.1 Å². The van der Waals surface area contributed by atoms with Crippen LogP contribution >= 0.6 is 0 Å². The van der Waals surface area contributed by atoms with Crippen molar-refractivity contribution in [2.75, 3.05) is 0 Å². The summed E-state index contributed by atoms with van der Waals surface area (Å²) in [7, 11) is 0. The lowest BCUT2D eigenvalue weighted by Gasteiger charge is -2.26. The summed E-state index contributed by atoms with van der Waals surface area (Å²) in [6.07, 6.45) is 4.19. The molecule has 0 unspecified atom stereocenters. The van der Waals surface area contributed by atoms with Crippen LogP contribution in [0.25, 0.3) is 22.1 Å². The van der Waals surface area contributed by atoms with Crippen LogP contribution in [0.3, 0.4) is 0 Å². The minimum Gasteiger partial charge on any atom is -0.459 e. The van der Waals surface area contributed by atoms with Gasteiger partial charge in [0.05, 0.1) is 11.1 Å². The highest BCUT2D eigenvalue weighted by atomic mass is 16.5. The highest BCUT2D eigenvalue weighted by molar-refractivity contribution is 5.90. The molecular formula is C23H22O4. The van der Waals surface area contributed by atoms with Gasteiger partial charge < -0.3 is 9.15 Å². The molecule has 1 aromatic heterocycles. The fraction of sp³-hybridized carbons (Fsp3) is 0.304. The number of hydrogen-bond donors (Lipinski definition) is 0. The van der Waals surface area contributed by atoms with Crippen molar-refractivity contribution in [3.05, 3.63) is 70.6 Å². The molecular weight excluding hydrogens is 340 g/mol. The molecule has 1 heterocycles. The third kappa shape index (κ3) is 3.80. The van der Waals surface area contributed by atoms with E-state index in [9.17, 15) is 9.59 Å². The Hall–Kier alpha value is -2.88. The molecule has 1 aliphatic carbocycles. The van der Waals surface area contributed by atoms with Crippen molar-refractivity contribution in [1.29, 1.82) is 0 Å². The summed E-state index contributed by atoms with van der Waals surface area (Å²) >= 11 is 0. The summed E-state index contributed by atoms with van der Waals surface area (Å²) in [4.78, 5) is 24.7. The Morgan fingerprint density at radius 3 is 2.63 bits per heavy atom. The van der Waals surface area contributed by atoms with Gasteiger partial charge in [0.25, 0.3) is 0 Å². The minimum absolute atomic E-state index is 0.00783. The molecule has 0 amide bonds. The number of benzene rings is 2. The van der Waals surface area contributed by atoms with E-state index in [-0.39, 0.29) is 17.7 Å². The first-order valence-corrected chi connectivity index (χ1v) is 9.44. The zero-order valence-corrected chi connectivity index (χ0v) is 15.3. The van der Waals surface area contributed by atoms with Crippen LogP contribution in [0.15, 0.2) is 63.8 Å². The number of rotatable bonds is 3. The maximum atomic E-state index is 12.4. The van der Waals surface area contributed by atoms with Gasteiger partial charge in [-0.25, -0.2) is 9.59 Å². The van der Waals surface area contributed by atoms with E-state index >= 15 is 0 Å². The summed E-state index contributed by atoms with van der Waals surface area (Å²) in [5.74, 6) is 0.303. The fourth-order valence-corrected chi connectivity index (χ4v) is 3.75. The molecule has 3 aromatic rings. The molecule has 0 aliphatic heterocycles. The molecule has 0 N–H and O–H groups in total. The van der Waals surface area contributed by atoms with Crippen LogP contribution in [0.4, 0.5) is 0 Å². The van der Waals surface area contributed by atoms with E-state index in [2.05, 4.69) is 6.92 Å². The number of esters is 1. The summed E-state index contributed by atoms with van der Waals surface area (Å²) in [5.41, 5.74) is 1.88. The Morgan fingerprint density at radius 1 is 1.07 bits per heavy atom. The van der Waals surface area contributed by atoms with Crippen molar-refractivity contribution in [1.82, 2.24) is 0 Å². The highest BCUT2D eigenvalue weighted by Gasteiger charge is 2.22. The maximum absolute atomic E-state index is 12.4. The molecule has 1 saturated carbocycles. The molecule has 2 atom stereocenters. The van der Waals surface area contributed by atoms with Crippen LogP contribution in [0.5, 0.6) is 0 Å². The molecule has 1 aliphatic rings. The first kappa shape index (κ1) is 17.5. The quantitative estimate of drug-likeness (QED) is 0.475. The van der Waals surface area contributed by atoms with Crippen molar-refractivity contribution >= 4 is 16.9 Å². The van der Waals surface area contributed by atoms with Gasteiger partial charge in [-0.15, -0.1) is 0 Å². The predicted molar refractivity (Wildman–Crippen MR) is 105 cm³/mol. The second kappa shape index (κ2) is 7.39. The Morgan fingerprint density at radius 2 is 1.85 bits per heavy atom. The van der Waals surface area contributed by atoms with E-state index < -0.39 is 0 Å². The van der Waals surface area contributed by atoms with Gasteiger partial charge in [0.2, 0.25) is 0 Å². The second-order valence-corrected chi connectivity index (χ2v) is 7.36. The average Bonchev–Trinajstić information content (AvgIpc) is 2.67. The monoisotopic (exact) mass is 362 g/mol. The van der Waals surface area contributed by atoms with E-state index in [1.165, 1.54) is 6.42 Å². The number of carbonyl (C=O) groups excluding carboxylic acids is 1. The highest BCUT2D eigenvalue weighted by Crippen LogP contribution is 2.27. The summed E-state index contributed by atoms with van der Waals surface area (Å²) < 4.78 is 11.0. The van der Waals surface area contributed by atoms with Crippen molar-refractivity contribution in [2.24, 2.45) is 5.92 Å². The van der Waals surface area contributed by atoms with E-state index in [0.717, 1.165) is 30.2 Å². The molecule has 0 saturated heterocycles. The van der Waals surface area contributed by atoms with Gasteiger partial charge in [-0.3, -0.25) is 0 Å². The molecule has 2 aromatic carbocycles. The van der Waals surface area contributed by atoms with Gasteiger partial charge in [-0.1, -0.05) is 43.7 Å². The molecule has 1 fully saturated rings. The van der Waals surface area contributed by atoms with Crippen LogP contribution in [0, 0.1) is 5.92 Å². The number of hydrogen-bond acceptors (Lipinski definition) is 4. The molecule has 0 radical (unpaired) electrons. The van der Waals surface area contributed by atoms with Gasteiger partial charge in [0.1, 0.15) is 11.7 Å². The number of ether oxygens (including phenoxy) is 1. The summed E-state index contributed by atoms with van der Waals surface area (Å²) in [6, 6.07) is 16.2. The van der Waals surface area contributed by atoms with Gasteiger partial charge >= 0.3 is 11.6 Å². The van der Waals surface area contributed by atoms with Gasteiger partial charge in [0.15, 0.2) is 0 Å². The van der Waals surface area contributed by atoms with Crippen LogP contribution < -0.4 is 5.63 Å². The van der Waals surface area contributed by atoms with Crippen LogP contribution in [-0.2, 0) is 4.74 Å². The zero-order chi connectivity index (χ0) is 18.8. The SMILES string of the molecule is C[C@H]1CCC[C@@H](OC(=O)c2ccc(-c3cc4ccccc4oc3=O)cc2)C1. The van der Waals surface area contributed by atoms with E-state index in [0.29, 0.717) is 22.6 Å². The standard InChI is InChI=1S/C23H22O4/c1-15-5-4-7-19(13-15)26-22(24)17-11-9-16(10-12-17)20-14-18-6-2-3-8-21(18)27-23(20)25/h2-3,6,8-12,14-15,19H,4-5,7,13H2,1H3/t15-,19+/m0/s1. The first-order valence-electron chi connectivity index (χ1n) is 9.44. The Bertz CT molecular complexity index is 1020. The van der Waals surface area contributed by atoms with Crippen LogP contribution in [0.2, 0.25) is 0 Å². The van der Waals surface area contributed by atoms with Crippen LogP contribution in [0.1, 0.15) is 43.0 Å². The van der Waals surface area contributed by atoms with Crippen molar-refractivity contribution in [3.63, 3.8) is 0 Å². The number of para-hydroxylation sites is 1. The number of carbonyl (C=O) groups is 1. The molecule has 138 valence electrons. The van der Waals surface area contributed by atoms with Crippen molar-refractivity contribution in [3.8, 4) is 11.1 Å². The normalized spacial score (nSPS) is 19.7. The summed E-state index contributed by atoms with van der Waals surface area (Å²) in [6.45, 7) is 2.20. The van der Waals surface area contributed by atoms with Crippen molar-refractivity contribution < 1.29 is 13.9 Å². The van der Waals surface area contributed by atoms with E-state index in [4.69, 9.17) is 9.15 Å².